The first-order valence-electron chi connectivity index (χ1n) is 11.3. The Morgan fingerprint density at radius 1 is 1.03 bits per heavy atom. The van der Waals surface area contributed by atoms with E-state index in [0.717, 1.165) is 31.6 Å². The van der Waals surface area contributed by atoms with Gasteiger partial charge in [-0.15, -0.1) is 0 Å². The van der Waals surface area contributed by atoms with Crippen LogP contribution < -0.4 is 10.6 Å². The zero-order chi connectivity index (χ0) is 22.1. The van der Waals surface area contributed by atoms with Gasteiger partial charge < -0.3 is 15.5 Å². The van der Waals surface area contributed by atoms with E-state index >= 15 is 0 Å². The van der Waals surface area contributed by atoms with E-state index in [1.807, 2.05) is 48.5 Å². The topological polar surface area (TPSA) is 64.7 Å². The largest absolute Gasteiger partial charge is 0.336 e. The molecular formula is C25H34N4O2. The van der Waals surface area contributed by atoms with Crippen LogP contribution in [-0.4, -0.2) is 54.5 Å². The van der Waals surface area contributed by atoms with Gasteiger partial charge in [0.15, 0.2) is 0 Å². The van der Waals surface area contributed by atoms with Crippen molar-refractivity contribution < 1.29 is 9.59 Å². The third-order valence-electron chi connectivity index (χ3n) is 6.00. The fraction of sp³-hybridized carbons (Fsp3) is 0.440. The summed E-state index contributed by atoms with van der Waals surface area (Å²) < 4.78 is 0. The van der Waals surface area contributed by atoms with Gasteiger partial charge in [-0.2, -0.15) is 0 Å². The average molecular weight is 423 g/mol. The normalized spacial score (nSPS) is 17.3. The maximum Gasteiger partial charge on any atom is 0.317 e. The molecule has 1 aliphatic heterocycles. The van der Waals surface area contributed by atoms with E-state index in [4.69, 9.17) is 0 Å². The molecular weight excluding hydrogens is 388 g/mol. The third-order valence-corrected chi connectivity index (χ3v) is 6.00. The summed E-state index contributed by atoms with van der Waals surface area (Å²) in [5.74, 6) is -0.207. The third kappa shape index (κ3) is 6.31. The van der Waals surface area contributed by atoms with Crippen molar-refractivity contribution in [2.45, 2.75) is 32.7 Å². The number of rotatable bonds is 8. The summed E-state index contributed by atoms with van der Waals surface area (Å²) in [6, 6.07) is 19.8. The van der Waals surface area contributed by atoms with Crippen LogP contribution in [0.25, 0.3) is 0 Å². The van der Waals surface area contributed by atoms with Gasteiger partial charge in [0.25, 0.3) is 0 Å². The Morgan fingerprint density at radius 3 is 2.32 bits per heavy atom. The van der Waals surface area contributed by atoms with Crippen molar-refractivity contribution in [1.82, 2.24) is 15.1 Å². The second-order valence-electron chi connectivity index (χ2n) is 7.97. The molecule has 2 unspecified atom stereocenters. The maximum atomic E-state index is 12.9. The molecule has 2 N–H and O–H groups in total. The van der Waals surface area contributed by atoms with Crippen LogP contribution in [0.15, 0.2) is 60.7 Å². The van der Waals surface area contributed by atoms with Crippen LogP contribution in [0, 0.1) is 5.92 Å². The molecule has 0 radical (unpaired) electrons. The lowest BCUT2D eigenvalue weighted by Gasteiger charge is -2.34. The first-order chi connectivity index (χ1) is 15.1. The zero-order valence-electron chi connectivity index (χ0n) is 18.6. The summed E-state index contributed by atoms with van der Waals surface area (Å²) in [4.78, 5) is 29.7. The van der Waals surface area contributed by atoms with Crippen LogP contribution in [-0.2, 0) is 4.79 Å². The molecule has 3 amide bonds. The predicted octanol–water partition coefficient (Wildman–Crippen LogP) is 4.13. The number of carbonyl (C=O) groups excluding carboxylic acids is 2. The number of para-hydroxylation sites is 1. The van der Waals surface area contributed by atoms with Crippen LogP contribution in [0.3, 0.4) is 0 Å². The molecule has 0 spiro atoms. The highest BCUT2D eigenvalue weighted by Crippen LogP contribution is 2.21. The average Bonchev–Trinajstić information content (AvgIpc) is 2.83. The Labute approximate surface area is 185 Å². The van der Waals surface area contributed by atoms with Crippen molar-refractivity contribution in [3.8, 4) is 0 Å². The van der Waals surface area contributed by atoms with Crippen molar-refractivity contribution >= 4 is 17.6 Å². The zero-order valence-corrected chi connectivity index (χ0v) is 18.6. The molecule has 0 saturated carbocycles. The lowest BCUT2D eigenvalue weighted by Crippen LogP contribution is -2.49. The molecule has 0 aliphatic carbocycles. The van der Waals surface area contributed by atoms with Crippen molar-refractivity contribution in [2.24, 2.45) is 5.92 Å². The van der Waals surface area contributed by atoms with Gasteiger partial charge in [-0.3, -0.25) is 9.69 Å². The number of nitrogens with one attached hydrogen (secondary N) is 2. The van der Waals surface area contributed by atoms with E-state index in [-0.39, 0.29) is 23.9 Å². The molecule has 2 aromatic carbocycles. The molecule has 1 saturated heterocycles. The minimum atomic E-state index is -0.188. The highest BCUT2D eigenvalue weighted by Gasteiger charge is 2.29. The van der Waals surface area contributed by atoms with Crippen LogP contribution >= 0.6 is 0 Å². The SMILES string of the molecule is CCN(CC)C(CNC(=O)N1CCCC(C(=O)Nc2ccccc2)C1)c1ccccc1. The molecule has 0 bridgehead atoms. The van der Waals surface area contributed by atoms with Crippen LogP contribution in [0.4, 0.5) is 10.5 Å². The quantitative estimate of drug-likeness (QED) is 0.672. The standard InChI is InChI=1S/C25H34N4O2/c1-3-28(4-2)23(20-12-7-5-8-13-20)18-26-25(31)29-17-11-14-21(19-29)24(30)27-22-15-9-6-10-16-22/h5-10,12-13,15-16,21,23H,3-4,11,14,17-19H2,1-2H3,(H,26,31)(H,27,30). The monoisotopic (exact) mass is 422 g/mol. The number of urea groups is 1. The number of hydrogen-bond acceptors (Lipinski definition) is 3. The van der Waals surface area contributed by atoms with E-state index < -0.39 is 0 Å². The second-order valence-corrected chi connectivity index (χ2v) is 7.97. The lowest BCUT2D eigenvalue weighted by molar-refractivity contribution is -0.121. The van der Waals surface area contributed by atoms with Crippen LogP contribution in [0.2, 0.25) is 0 Å². The maximum absolute atomic E-state index is 12.9. The van der Waals surface area contributed by atoms with Gasteiger partial charge in [0, 0.05) is 25.3 Å². The number of hydrogen-bond donors (Lipinski definition) is 2. The smallest absolute Gasteiger partial charge is 0.317 e. The molecule has 6 heteroatoms. The van der Waals surface area contributed by atoms with Crippen LogP contribution in [0.5, 0.6) is 0 Å². The Morgan fingerprint density at radius 2 is 1.68 bits per heavy atom. The molecule has 1 heterocycles. The number of carbonyl (C=O) groups is 2. The molecule has 31 heavy (non-hydrogen) atoms. The summed E-state index contributed by atoms with van der Waals surface area (Å²) in [6.45, 7) is 7.79. The first-order valence-corrected chi connectivity index (χ1v) is 11.3. The van der Waals surface area contributed by atoms with Gasteiger partial charge in [-0.25, -0.2) is 4.79 Å². The summed E-state index contributed by atoms with van der Waals surface area (Å²) in [7, 11) is 0. The Bertz CT molecular complexity index is 824. The summed E-state index contributed by atoms with van der Waals surface area (Å²) >= 11 is 0. The van der Waals surface area contributed by atoms with Crippen molar-refractivity contribution in [3.05, 3.63) is 66.2 Å². The lowest BCUT2D eigenvalue weighted by atomic mass is 9.97. The first kappa shape index (κ1) is 22.8. The summed E-state index contributed by atoms with van der Waals surface area (Å²) in [5.41, 5.74) is 1.99. The van der Waals surface area contributed by atoms with E-state index in [0.29, 0.717) is 19.6 Å². The highest BCUT2D eigenvalue weighted by molar-refractivity contribution is 5.93. The Balaban J connectivity index is 1.58. The molecule has 6 nitrogen and oxygen atoms in total. The van der Waals surface area contributed by atoms with Gasteiger partial charge in [0.1, 0.15) is 0 Å². The van der Waals surface area contributed by atoms with Gasteiger partial charge >= 0.3 is 6.03 Å². The van der Waals surface area contributed by atoms with Gasteiger partial charge in [-0.05, 0) is 43.6 Å². The minimum absolute atomic E-state index is 0.0194. The molecule has 1 aliphatic rings. The number of benzene rings is 2. The minimum Gasteiger partial charge on any atom is -0.336 e. The van der Waals surface area contributed by atoms with E-state index in [1.54, 1.807) is 4.90 Å². The summed E-state index contributed by atoms with van der Waals surface area (Å²) in [6.07, 6.45) is 1.63. The Hall–Kier alpha value is -2.86. The van der Waals surface area contributed by atoms with Crippen molar-refractivity contribution in [2.75, 3.05) is 38.0 Å². The molecule has 2 aromatic rings. The van der Waals surface area contributed by atoms with E-state index in [1.165, 1.54) is 5.56 Å². The van der Waals surface area contributed by atoms with E-state index in [2.05, 4.69) is 41.5 Å². The van der Waals surface area contributed by atoms with E-state index in [9.17, 15) is 9.59 Å². The van der Waals surface area contributed by atoms with Crippen LogP contribution in [0.1, 0.15) is 38.3 Å². The molecule has 1 fully saturated rings. The van der Waals surface area contributed by atoms with Gasteiger partial charge in [0.2, 0.25) is 5.91 Å². The number of amides is 3. The number of likely N-dealkylation sites (N-methyl/N-ethyl adjacent to an activating group) is 1. The van der Waals surface area contributed by atoms with Gasteiger partial charge in [0.05, 0.1) is 12.0 Å². The predicted molar refractivity (Wildman–Crippen MR) is 125 cm³/mol. The number of nitrogens with zero attached hydrogens (tertiary/aromatic N) is 2. The molecule has 166 valence electrons. The number of anilines is 1. The Kier molecular flexibility index (Phi) is 8.47. The summed E-state index contributed by atoms with van der Waals surface area (Å²) in [5, 5.41) is 6.09. The molecule has 0 aromatic heterocycles. The fourth-order valence-corrected chi connectivity index (χ4v) is 4.23. The number of likely N-dealkylation sites (tertiary alicyclic amines) is 1. The fourth-order valence-electron chi connectivity index (χ4n) is 4.23. The van der Waals surface area contributed by atoms with Crippen molar-refractivity contribution in [1.29, 1.82) is 0 Å². The highest BCUT2D eigenvalue weighted by atomic mass is 16.2. The molecule has 3 rings (SSSR count). The van der Waals surface area contributed by atoms with Gasteiger partial charge in [-0.1, -0.05) is 62.4 Å². The van der Waals surface area contributed by atoms with Crippen molar-refractivity contribution in [3.63, 3.8) is 0 Å². The number of piperidine rings is 1. The molecule has 2 atom stereocenters. The second kappa shape index (κ2) is 11.5.